The van der Waals surface area contributed by atoms with Gasteiger partial charge >= 0.3 is 0 Å². The predicted molar refractivity (Wildman–Crippen MR) is 63.9 cm³/mol. The molecule has 80 valence electrons. The summed E-state index contributed by atoms with van der Waals surface area (Å²) in [4.78, 5) is 15.9. The molecule has 0 bridgehead atoms. The molecule has 2 rings (SSSR count). The lowest BCUT2D eigenvalue weighted by Gasteiger charge is -2.02. The number of rotatable bonds is 2. The van der Waals surface area contributed by atoms with Crippen molar-refractivity contribution in [2.45, 2.75) is 6.92 Å². The Morgan fingerprint density at radius 1 is 1.19 bits per heavy atom. The van der Waals surface area contributed by atoms with Crippen LogP contribution in [-0.2, 0) is 0 Å². The van der Waals surface area contributed by atoms with Crippen LogP contribution >= 0.6 is 11.6 Å². The van der Waals surface area contributed by atoms with Gasteiger partial charge in [0.25, 0.3) is 0 Å². The minimum absolute atomic E-state index is 0.0990. The zero-order valence-corrected chi connectivity index (χ0v) is 9.53. The van der Waals surface area contributed by atoms with Crippen molar-refractivity contribution in [2.75, 3.05) is 0 Å². The molecule has 1 heterocycles. The molecule has 0 radical (unpaired) electrons. The van der Waals surface area contributed by atoms with Crippen LogP contribution in [0.15, 0.2) is 42.6 Å². The molecule has 0 fully saturated rings. The van der Waals surface area contributed by atoms with Gasteiger partial charge in [-0.05, 0) is 19.1 Å². The Balaban J connectivity index is 2.40. The van der Waals surface area contributed by atoms with Crippen LogP contribution < -0.4 is 0 Å². The molecule has 0 amide bonds. The third-order valence-corrected chi connectivity index (χ3v) is 2.62. The van der Waals surface area contributed by atoms with E-state index in [9.17, 15) is 4.79 Å². The second-order valence-corrected chi connectivity index (χ2v) is 3.89. The third kappa shape index (κ3) is 2.12. The third-order valence-electron chi connectivity index (χ3n) is 2.32. The van der Waals surface area contributed by atoms with E-state index in [0.717, 1.165) is 5.56 Å². The molecule has 2 nitrogen and oxygen atoms in total. The molecule has 0 saturated carbocycles. The van der Waals surface area contributed by atoms with E-state index in [1.807, 2.05) is 19.1 Å². The predicted octanol–water partition coefficient (Wildman–Crippen LogP) is 3.27. The first kappa shape index (κ1) is 10.8. The second kappa shape index (κ2) is 4.45. The number of aryl methyl sites for hydroxylation is 1. The maximum atomic E-state index is 12.1. The zero-order valence-electron chi connectivity index (χ0n) is 8.77. The molecule has 3 heteroatoms. The van der Waals surface area contributed by atoms with Gasteiger partial charge in [0, 0.05) is 11.8 Å². The molecule has 0 spiro atoms. The normalized spacial score (nSPS) is 10.1. The number of carbonyl (C=O) groups is 1. The van der Waals surface area contributed by atoms with Crippen LogP contribution in [0.3, 0.4) is 0 Å². The Morgan fingerprint density at radius 2 is 1.88 bits per heavy atom. The molecule has 0 aliphatic carbocycles. The quantitative estimate of drug-likeness (QED) is 0.587. The number of ketones is 1. The van der Waals surface area contributed by atoms with Crippen molar-refractivity contribution >= 4 is 17.4 Å². The van der Waals surface area contributed by atoms with Gasteiger partial charge in [0.15, 0.2) is 5.78 Å². The van der Waals surface area contributed by atoms with Gasteiger partial charge in [-0.25, -0.2) is 4.98 Å². The van der Waals surface area contributed by atoms with E-state index in [0.29, 0.717) is 11.1 Å². The topological polar surface area (TPSA) is 30.0 Å². The summed E-state index contributed by atoms with van der Waals surface area (Å²) in [5, 5.41) is 0.244. The lowest BCUT2D eigenvalue weighted by molar-refractivity contribution is 0.103. The maximum absolute atomic E-state index is 12.1. The Kier molecular flexibility index (Phi) is 3.02. The van der Waals surface area contributed by atoms with Gasteiger partial charge in [-0.2, -0.15) is 0 Å². The summed E-state index contributed by atoms with van der Waals surface area (Å²) in [6, 6.07) is 10.8. The van der Waals surface area contributed by atoms with Gasteiger partial charge < -0.3 is 0 Å². The highest BCUT2D eigenvalue weighted by Crippen LogP contribution is 2.16. The molecule has 0 atom stereocenters. The fourth-order valence-corrected chi connectivity index (χ4v) is 1.62. The van der Waals surface area contributed by atoms with Crippen molar-refractivity contribution in [3.8, 4) is 0 Å². The molecular formula is C13H10ClNO. The van der Waals surface area contributed by atoms with Crippen molar-refractivity contribution in [1.82, 2.24) is 4.98 Å². The van der Waals surface area contributed by atoms with Crippen molar-refractivity contribution in [1.29, 1.82) is 0 Å². The monoisotopic (exact) mass is 231 g/mol. The van der Waals surface area contributed by atoms with E-state index >= 15 is 0 Å². The summed E-state index contributed by atoms with van der Waals surface area (Å²) < 4.78 is 0. The molecule has 2 aromatic rings. The second-order valence-electron chi connectivity index (χ2n) is 3.54. The average Bonchev–Trinajstić information content (AvgIpc) is 2.30. The van der Waals surface area contributed by atoms with Crippen LogP contribution in [0, 0.1) is 6.92 Å². The Morgan fingerprint density at radius 3 is 2.50 bits per heavy atom. The van der Waals surface area contributed by atoms with E-state index in [1.165, 1.54) is 0 Å². The zero-order chi connectivity index (χ0) is 11.5. The number of hydrogen-bond acceptors (Lipinski definition) is 2. The molecular weight excluding hydrogens is 222 g/mol. The summed E-state index contributed by atoms with van der Waals surface area (Å²) in [6.45, 7) is 1.98. The fourth-order valence-electron chi connectivity index (χ4n) is 1.42. The van der Waals surface area contributed by atoms with Crippen molar-refractivity contribution in [3.05, 3.63) is 64.4 Å². The standard InChI is InChI=1S/C13H10ClNO/c1-9-4-6-10(7-5-9)12(16)11-3-2-8-15-13(11)14/h2-8H,1H3. The van der Waals surface area contributed by atoms with Gasteiger partial charge in [0.1, 0.15) is 5.15 Å². The summed E-state index contributed by atoms with van der Waals surface area (Å²) in [5.74, 6) is -0.0990. The summed E-state index contributed by atoms with van der Waals surface area (Å²) in [7, 11) is 0. The SMILES string of the molecule is Cc1ccc(C(=O)c2cccnc2Cl)cc1. The molecule has 0 N–H and O–H groups in total. The van der Waals surface area contributed by atoms with E-state index in [4.69, 9.17) is 11.6 Å². The molecule has 0 aliphatic heterocycles. The van der Waals surface area contributed by atoms with E-state index < -0.39 is 0 Å². The highest BCUT2D eigenvalue weighted by molar-refractivity contribution is 6.33. The Labute approximate surface area is 98.9 Å². The maximum Gasteiger partial charge on any atom is 0.196 e. The Bertz CT molecular complexity index is 520. The number of halogens is 1. The lowest BCUT2D eigenvalue weighted by atomic mass is 10.0. The summed E-state index contributed by atoms with van der Waals surface area (Å²) in [5.41, 5.74) is 2.18. The lowest BCUT2D eigenvalue weighted by Crippen LogP contribution is -2.02. The van der Waals surface area contributed by atoms with Crippen LogP contribution in [0.1, 0.15) is 21.5 Å². The number of aromatic nitrogens is 1. The number of carbonyl (C=O) groups excluding carboxylic acids is 1. The van der Waals surface area contributed by atoms with Crippen LogP contribution in [0.4, 0.5) is 0 Å². The van der Waals surface area contributed by atoms with Crippen molar-refractivity contribution in [2.24, 2.45) is 0 Å². The van der Waals surface area contributed by atoms with Crippen LogP contribution in [0.25, 0.3) is 0 Å². The molecule has 0 aliphatic rings. The molecule has 1 aromatic carbocycles. The minimum Gasteiger partial charge on any atom is -0.288 e. The van der Waals surface area contributed by atoms with Gasteiger partial charge in [0.2, 0.25) is 0 Å². The minimum atomic E-state index is -0.0990. The number of nitrogens with zero attached hydrogens (tertiary/aromatic N) is 1. The highest BCUT2D eigenvalue weighted by Gasteiger charge is 2.12. The van der Waals surface area contributed by atoms with E-state index in [1.54, 1.807) is 30.5 Å². The number of hydrogen-bond donors (Lipinski definition) is 0. The van der Waals surface area contributed by atoms with Gasteiger partial charge in [0.05, 0.1) is 5.56 Å². The van der Waals surface area contributed by atoms with Gasteiger partial charge in [-0.15, -0.1) is 0 Å². The van der Waals surface area contributed by atoms with Gasteiger partial charge in [-0.3, -0.25) is 4.79 Å². The van der Waals surface area contributed by atoms with Crippen molar-refractivity contribution < 1.29 is 4.79 Å². The van der Waals surface area contributed by atoms with Gasteiger partial charge in [-0.1, -0.05) is 41.4 Å². The smallest absolute Gasteiger partial charge is 0.196 e. The molecule has 0 saturated heterocycles. The Hall–Kier alpha value is -1.67. The first-order valence-electron chi connectivity index (χ1n) is 4.90. The van der Waals surface area contributed by atoms with E-state index in [-0.39, 0.29) is 10.9 Å². The first-order valence-corrected chi connectivity index (χ1v) is 5.28. The fraction of sp³-hybridized carbons (Fsp3) is 0.0769. The highest BCUT2D eigenvalue weighted by atomic mass is 35.5. The molecule has 16 heavy (non-hydrogen) atoms. The van der Waals surface area contributed by atoms with E-state index in [2.05, 4.69) is 4.98 Å². The van der Waals surface area contributed by atoms with Crippen molar-refractivity contribution in [3.63, 3.8) is 0 Å². The largest absolute Gasteiger partial charge is 0.288 e. The summed E-state index contributed by atoms with van der Waals surface area (Å²) in [6.07, 6.45) is 1.56. The number of pyridine rings is 1. The average molecular weight is 232 g/mol. The summed E-state index contributed by atoms with van der Waals surface area (Å²) >= 11 is 5.87. The molecule has 1 aromatic heterocycles. The van der Waals surface area contributed by atoms with Crippen LogP contribution in [-0.4, -0.2) is 10.8 Å². The molecule has 0 unspecified atom stereocenters. The van der Waals surface area contributed by atoms with Crippen LogP contribution in [0.5, 0.6) is 0 Å². The first-order chi connectivity index (χ1) is 7.68. The number of benzene rings is 1. The van der Waals surface area contributed by atoms with Crippen LogP contribution in [0.2, 0.25) is 5.15 Å².